The van der Waals surface area contributed by atoms with Crippen molar-refractivity contribution in [3.63, 3.8) is 0 Å². The van der Waals surface area contributed by atoms with Crippen molar-refractivity contribution in [3.8, 4) is 0 Å². The SMILES string of the molecule is C[C@@H]1Cc2c([nH]c3ccccc23)[C@@H](c2c(F)cc(C(=O)C3CN(CCCF)C3)cc2F)N1C[C@@H](F)CO[Si](c1ccccc1)(c1ccccc1)C(C)(C)C. The Morgan fingerprint density at radius 2 is 1.52 bits per heavy atom. The average molecular weight is 756 g/mol. The predicted molar refractivity (Wildman–Crippen MR) is 210 cm³/mol. The van der Waals surface area contributed by atoms with Crippen molar-refractivity contribution >= 4 is 35.4 Å². The van der Waals surface area contributed by atoms with E-state index >= 15 is 13.2 Å². The Kier molecular flexibility index (Phi) is 11.0. The van der Waals surface area contributed by atoms with Crippen LogP contribution >= 0.6 is 0 Å². The van der Waals surface area contributed by atoms with Crippen molar-refractivity contribution in [2.45, 2.75) is 63.8 Å². The highest BCUT2D eigenvalue weighted by Gasteiger charge is 2.51. The third-order valence-corrected chi connectivity index (χ3v) is 16.4. The highest BCUT2D eigenvalue weighted by atomic mass is 28.4. The molecule has 0 amide bonds. The van der Waals surface area contributed by atoms with E-state index in [4.69, 9.17) is 4.43 Å². The highest BCUT2D eigenvalue weighted by molar-refractivity contribution is 6.99. The molecule has 1 fully saturated rings. The lowest BCUT2D eigenvalue weighted by Gasteiger charge is -2.44. The quantitative estimate of drug-likeness (QED) is 0.0749. The van der Waals surface area contributed by atoms with Gasteiger partial charge in [-0.25, -0.2) is 13.2 Å². The lowest BCUT2D eigenvalue weighted by Crippen LogP contribution is -2.67. The molecule has 0 unspecified atom stereocenters. The fourth-order valence-electron chi connectivity index (χ4n) is 8.79. The molecule has 1 N–H and O–H groups in total. The molecule has 0 radical (unpaired) electrons. The van der Waals surface area contributed by atoms with Crippen molar-refractivity contribution in [1.82, 2.24) is 14.8 Å². The first-order valence-corrected chi connectivity index (χ1v) is 20.9. The predicted octanol–water partition coefficient (Wildman–Crippen LogP) is 8.17. The second-order valence-corrected chi connectivity index (χ2v) is 20.3. The first kappa shape index (κ1) is 38.2. The molecule has 10 heteroatoms. The van der Waals surface area contributed by atoms with Gasteiger partial charge in [0.2, 0.25) is 0 Å². The van der Waals surface area contributed by atoms with E-state index in [1.54, 1.807) is 0 Å². The maximum absolute atomic E-state index is 16.8. The number of benzene rings is 4. The van der Waals surface area contributed by atoms with Gasteiger partial charge >= 0.3 is 0 Å². The maximum Gasteiger partial charge on any atom is 0.261 e. The van der Waals surface area contributed by atoms with Gasteiger partial charge in [0, 0.05) is 65.9 Å². The van der Waals surface area contributed by atoms with Crippen molar-refractivity contribution in [2.24, 2.45) is 5.92 Å². The van der Waals surface area contributed by atoms with E-state index in [9.17, 15) is 9.18 Å². The van der Waals surface area contributed by atoms with E-state index in [2.05, 4.69) is 50.0 Å². The molecular formula is C44H49F4N3O2Si. The minimum Gasteiger partial charge on any atom is -0.404 e. The Balaban J connectivity index is 1.22. The zero-order valence-electron chi connectivity index (χ0n) is 31.4. The molecular weight excluding hydrogens is 707 g/mol. The number of aromatic amines is 1. The van der Waals surface area contributed by atoms with Crippen LogP contribution in [0.4, 0.5) is 17.6 Å². The van der Waals surface area contributed by atoms with Gasteiger partial charge in [-0.3, -0.25) is 14.1 Å². The van der Waals surface area contributed by atoms with Gasteiger partial charge in [-0.2, -0.15) is 0 Å². The Labute approximate surface area is 316 Å². The Hall–Kier alpha value is -4.09. The van der Waals surface area contributed by atoms with Gasteiger partial charge < -0.3 is 14.3 Å². The number of nitrogens with zero attached hydrogens (tertiary/aromatic N) is 2. The minimum atomic E-state index is -3.05. The Bertz CT molecular complexity index is 2020. The van der Waals surface area contributed by atoms with Crippen LogP contribution in [0.2, 0.25) is 5.04 Å². The van der Waals surface area contributed by atoms with E-state index in [0.717, 1.165) is 39.0 Å². The molecule has 7 rings (SSSR count). The van der Waals surface area contributed by atoms with Crippen LogP contribution in [0.15, 0.2) is 97.1 Å². The van der Waals surface area contributed by atoms with Crippen LogP contribution in [-0.2, 0) is 10.8 Å². The summed E-state index contributed by atoms with van der Waals surface area (Å²) >= 11 is 0. The lowest BCUT2D eigenvalue weighted by atomic mass is 9.86. The van der Waals surface area contributed by atoms with Gasteiger partial charge in [-0.15, -0.1) is 0 Å². The van der Waals surface area contributed by atoms with Gasteiger partial charge in [0.1, 0.15) is 17.8 Å². The van der Waals surface area contributed by atoms with Gasteiger partial charge in [-0.1, -0.05) is 99.6 Å². The number of carbonyl (C=O) groups is 1. The summed E-state index contributed by atoms with van der Waals surface area (Å²) in [5.74, 6) is -2.43. The number of likely N-dealkylation sites (tertiary alicyclic amines) is 1. The summed E-state index contributed by atoms with van der Waals surface area (Å²) in [5.41, 5.74) is 2.15. The van der Waals surface area contributed by atoms with Gasteiger partial charge in [-0.05, 0) is 58.9 Å². The molecule has 5 aromatic rings. The molecule has 5 nitrogen and oxygen atoms in total. The summed E-state index contributed by atoms with van der Waals surface area (Å²) in [7, 11) is -3.05. The molecule has 4 aromatic carbocycles. The number of ketones is 1. The fraction of sp³-hybridized carbons (Fsp3) is 0.386. The number of aromatic nitrogens is 1. The summed E-state index contributed by atoms with van der Waals surface area (Å²) in [6, 6.07) is 28.9. The molecule has 54 heavy (non-hydrogen) atoms. The van der Waals surface area contributed by atoms with Crippen LogP contribution in [0.5, 0.6) is 0 Å². The third-order valence-electron chi connectivity index (χ3n) is 11.4. The molecule has 0 aliphatic carbocycles. The highest BCUT2D eigenvalue weighted by Crippen LogP contribution is 2.43. The molecule has 1 saturated heterocycles. The van der Waals surface area contributed by atoms with E-state index in [1.807, 2.05) is 77.4 Å². The van der Waals surface area contributed by atoms with Gasteiger partial charge in [0.15, 0.2) is 5.78 Å². The number of H-pyrrole nitrogens is 1. The number of hydrogen-bond acceptors (Lipinski definition) is 4. The summed E-state index contributed by atoms with van der Waals surface area (Å²) < 4.78 is 69.3. The maximum atomic E-state index is 16.8. The van der Waals surface area contributed by atoms with E-state index in [1.165, 1.54) is 0 Å². The molecule has 284 valence electrons. The van der Waals surface area contributed by atoms with Crippen molar-refractivity contribution in [3.05, 3.63) is 131 Å². The second kappa shape index (κ2) is 15.6. The van der Waals surface area contributed by atoms with Crippen molar-refractivity contribution in [1.29, 1.82) is 0 Å². The molecule has 2 aliphatic rings. The average Bonchev–Trinajstić information content (AvgIpc) is 3.50. The molecule has 3 heterocycles. The molecule has 0 bridgehead atoms. The third kappa shape index (κ3) is 7.09. The number of carbonyl (C=O) groups excluding carboxylic acids is 1. The van der Waals surface area contributed by atoms with Crippen LogP contribution in [-0.4, -0.2) is 80.6 Å². The van der Waals surface area contributed by atoms with E-state index in [0.29, 0.717) is 38.2 Å². The van der Waals surface area contributed by atoms with E-state index in [-0.39, 0.29) is 41.1 Å². The molecule has 2 aliphatic heterocycles. The van der Waals surface area contributed by atoms with Crippen molar-refractivity contribution < 1.29 is 26.8 Å². The number of nitrogens with one attached hydrogen (secondary N) is 1. The van der Waals surface area contributed by atoms with Crippen LogP contribution in [0.25, 0.3) is 10.9 Å². The number of fused-ring (bicyclic) bond motifs is 3. The molecule has 0 saturated carbocycles. The zero-order chi connectivity index (χ0) is 38.2. The molecule has 0 spiro atoms. The van der Waals surface area contributed by atoms with Crippen LogP contribution in [0.1, 0.15) is 67.3 Å². The summed E-state index contributed by atoms with van der Waals surface area (Å²) in [6.45, 7) is 9.03. The van der Waals surface area contributed by atoms with E-state index < -0.39 is 44.8 Å². The number of hydrogen-bond donors (Lipinski definition) is 1. The summed E-state index contributed by atoms with van der Waals surface area (Å²) in [5, 5.41) is 2.69. The second-order valence-electron chi connectivity index (χ2n) is 16.0. The number of halogens is 4. The first-order valence-electron chi connectivity index (χ1n) is 19.0. The largest absolute Gasteiger partial charge is 0.404 e. The monoisotopic (exact) mass is 755 g/mol. The van der Waals surface area contributed by atoms with Gasteiger partial charge in [0.25, 0.3) is 8.32 Å². The topological polar surface area (TPSA) is 48.6 Å². The summed E-state index contributed by atoms with van der Waals surface area (Å²) in [6.07, 6.45) is -0.553. The smallest absolute Gasteiger partial charge is 0.261 e. The van der Waals surface area contributed by atoms with Crippen LogP contribution in [0.3, 0.4) is 0 Å². The molecule has 3 atom stereocenters. The van der Waals surface area contributed by atoms with Crippen LogP contribution in [0, 0.1) is 17.6 Å². The number of Topliss-reactive ketones (excluding diaryl/α,β-unsaturated/α-hetero) is 1. The normalized spacial score (nSPS) is 19.1. The standard InChI is InChI=1S/C44H49F4N3O2Si/c1-29-22-36-35-18-11-12-19-39(35)49-41(36)42(40-37(47)23-30(24-38(40)48)43(52)31-25-50(26-31)21-13-20-45)51(29)27-32(46)28-53-54(44(2,3)4,33-14-7-5-8-15-33)34-16-9-6-10-17-34/h5-12,14-19,23-24,29,31-32,42,49H,13,20-22,25-28H2,1-4H3/t29-,32-,42-/m1/s1. The zero-order valence-corrected chi connectivity index (χ0v) is 32.4. The number of rotatable bonds is 13. The number of para-hydroxylation sites is 1. The fourth-order valence-corrected chi connectivity index (χ4v) is 13.4. The lowest BCUT2D eigenvalue weighted by molar-refractivity contribution is 0.0612. The van der Waals surface area contributed by atoms with Gasteiger partial charge in [0.05, 0.1) is 19.3 Å². The molecule has 1 aromatic heterocycles. The minimum absolute atomic E-state index is 0.0294. The Morgan fingerprint density at radius 1 is 0.926 bits per heavy atom. The first-order chi connectivity index (χ1) is 25.9. The Morgan fingerprint density at radius 3 is 2.11 bits per heavy atom. The number of alkyl halides is 2. The van der Waals surface area contributed by atoms with Crippen molar-refractivity contribution in [2.75, 3.05) is 39.5 Å². The summed E-state index contributed by atoms with van der Waals surface area (Å²) in [4.78, 5) is 20.6. The van der Waals surface area contributed by atoms with Crippen LogP contribution < -0.4 is 10.4 Å².